The zero-order valence-corrected chi connectivity index (χ0v) is 10.9. The quantitative estimate of drug-likeness (QED) is 0.775. The van der Waals surface area contributed by atoms with Crippen LogP contribution in [-0.4, -0.2) is 15.5 Å². The Labute approximate surface area is 113 Å². The summed E-state index contributed by atoms with van der Waals surface area (Å²) in [5, 5.41) is 2.10. The van der Waals surface area contributed by atoms with E-state index in [-0.39, 0.29) is 17.9 Å². The largest absolute Gasteiger partial charge is 0.322 e. The van der Waals surface area contributed by atoms with Crippen LogP contribution in [0.15, 0.2) is 24.0 Å². The lowest BCUT2D eigenvalue weighted by atomic mass is 9.93. The molecule has 0 spiro atoms. The van der Waals surface area contributed by atoms with Gasteiger partial charge in [0.2, 0.25) is 0 Å². The fourth-order valence-corrected chi connectivity index (χ4v) is 5.27. The molecular weight excluding hydrogens is 266 g/mol. The molecule has 3 unspecified atom stereocenters. The van der Waals surface area contributed by atoms with Crippen molar-refractivity contribution < 1.29 is 8.78 Å². The molecule has 0 saturated heterocycles. The maximum atomic E-state index is 13.4. The molecule has 19 heavy (non-hydrogen) atoms. The van der Waals surface area contributed by atoms with Crippen LogP contribution >= 0.6 is 11.3 Å². The monoisotopic (exact) mass is 278 g/mol. The SMILES string of the molecule is FC1(F)C2CC(C3c4sccc4-c4cncn43)CC21. The molecule has 0 bridgehead atoms. The molecule has 2 saturated carbocycles. The van der Waals surface area contributed by atoms with Crippen molar-refractivity contribution in [2.75, 3.05) is 0 Å². The highest BCUT2D eigenvalue weighted by Crippen LogP contribution is 2.68. The molecule has 5 rings (SSSR count). The zero-order chi connectivity index (χ0) is 12.8. The molecule has 2 aromatic rings. The first-order valence-corrected chi connectivity index (χ1v) is 7.53. The van der Waals surface area contributed by atoms with E-state index < -0.39 is 5.92 Å². The third-order valence-electron chi connectivity index (χ3n) is 5.13. The molecule has 2 aliphatic carbocycles. The molecule has 2 aromatic heterocycles. The third kappa shape index (κ3) is 1.14. The van der Waals surface area contributed by atoms with E-state index in [9.17, 15) is 8.78 Å². The molecule has 3 atom stereocenters. The molecule has 2 fully saturated rings. The van der Waals surface area contributed by atoms with Crippen molar-refractivity contribution in [2.45, 2.75) is 24.8 Å². The van der Waals surface area contributed by atoms with Crippen molar-refractivity contribution in [1.82, 2.24) is 9.55 Å². The third-order valence-corrected chi connectivity index (χ3v) is 6.12. The van der Waals surface area contributed by atoms with Gasteiger partial charge in [-0.3, -0.25) is 0 Å². The van der Waals surface area contributed by atoms with Crippen LogP contribution in [0.4, 0.5) is 8.78 Å². The van der Waals surface area contributed by atoms with E-state index in [4.69, 9.17) is 0 Å². The van der Waals surface area contributed by atoms with Gasteiger partial charge in [0.05, 0.1) is 24.3 Å². The fourth-order valence-electron chi connectivity index (χ4n) is 4.17. The summed E-state index contributed by atoms with van der Waals surface area (Å²) >= 11 is 1.75. The minimum Gasteiger partial charge on any atom is -0.322 e. The molecule has 3 heterocycles. The first kappa shape index (κ1) is 10.5. The summed E-state index contributed by atoms with van der Waals surface area (Å²) in [6, 6.07) is 2.37. The van der Waals surface area contributed by atoms with Gasteiger partial charge in [-0.2, -0.15) is 0 Å². The smallest absolute Gasteiger partial charge is 0.254 e. The number of fused-ring (bicyclic) bond motifs is 4. The van der Waals surface area contributed by atoms with Gasteiger partial charge in [0.25, 0.3) is 5.92 Å². The van der Waals surface area contributed by atoms with Crippen LogP contribution in [0, 0.1) is 17.8 Å². The normalized spacial score (nSPS) is 36.9. The second kappa shape index (κ2) is 3.08. The number of thiophene rings is 1. The number of alkyl halides is 2. The Morgan fingerprint density at radius 3 is 2.89 bits per heavy atom. The number of nitrogens with zero attached hydrogens (tertiary/aromatic N) is 2. The van der Waals surface area contributed by atoms with E-state index in [0.717, 1.165) is 5.69 Å². The van der Waals surface area contributed by atoms with Gasteiger partial charge in [-0.15, -0.1) is 11.3 Å². The summed E-state index contributed by atoms with van der Waals surface area (Å²) in [7, 11) is 0. The number of halogens is 2. The highest BCUT2D eigenvalue weighted by molar-refractivity contribution is 7.10. The predicted molar refractivity (Wildman–Crippen MR) is 68.3 cm³/mol. The van der Waals surface area contributed by atoms with E-state index in [1.807, 2.05) is 12.5 Å². The topological polar surface area (TPSA) is 17.8 Å². The lowest BCUT2D eigenvalue weighted by Gasteiger charge is -2.23. The standard InChI is InChI=1S/C14H12F2N2S/c15-14(16)9-3-7(4-10(9)14)12-13-8(1-2-19-13)11-5-17-6-18(11)12/h1-2,5-7,9-10,12H,3-4H2. The Kier molecular flexibility index (Phi) is 1.71. The Bertz CT molecular complexity index is 620. The fraction of sp³-hybridized carbons (Fsp3) is 0.500. The van der Waals surface area contributed by atoms with Crippen molar-refractivity contribution in [3.05, 3.63) is 28.8 Å². The molecule has 0 N–H and O–H groups in total. The van der Waals surface area contributed by atoms with Gasteiger partial charge < -0.3 is 4.57 Å². The Hall–Kier alpha value is -1.23. The van der Waals surface area contributed by atoms with E-state index in [1.165, 1.54) is 10.4 Å². The molecule has 98 valence electrons. The Morgan fingerprint density at radius 2 is 2.11 bits per heavy atom. The number of hydrogen-bond acceptors (Lipinski definition) is 2. The van der Waals surface area contributed by atoms with Crippen molar-refractivity contribution in [3.63, 3.8) is 0 Å². The van der Waals surface area contributed by atoms with Crippen molar-refractivity contribution in [2.24, 2.45) is 17.8 Å². The Morgan fingerprint density at radius 1 is 1.32 bits per heavy atom. The highest BCUT2D eigenvalue weighted by atomic mass is 32.1. The maximum Gasteiger partial charge on any atom is 0.254 e. The van der Waals surface area contributed by atoms with Crippen LogP contribution in [0.5, 0.6) is 0 Å². The summed E-state index contributed by atoms with van der Waals surface area (Å²) < 4.78 is 28.9. The number of aromatic nitrogens is 2. The van der Waals surface area contributed by atoms with Crippen LogP contribution in [0.1, 0.15) is 23.8 Å². The highest BCUT2D eigenvalue weighted by Gasteiger charge is 2.72. The molecule has 3 aliphatic rings. The summed E-state index contributed by atoms with van der Waals surface area (Å²) in [5.74, 6) is -2.73. The molecule has 5 heteroatoms. The average Bonchev–Trinajstić information content (AvgIpc) is 2.95. The molecular formula is C14H12F2N2S. The molecule has 0 aromatic carbocycles. The van der Waals surface area contributed by atoms with Gasteiger partial charge in [0.15, 0.2) is 0 Å². The molecule has 1 aliphatic heterocycles. The van der Waals surface area contributed by atoms with E-state index in [2.05, 4.69) is 21.0 Å². The van der Waals surface area contributed by atoms with Gasteiger partial charge in [-0.1, -0.05) is 0 Å². The van der Waals surface area contributed by atoms with Crippen molar-refractivity contribution in [3.8, 4) is 11.3 Å². The van der Waals surface area contributed by atoms with Crippen LogP contribution in [0.3, 0.4) is 0 Å². The molecule has 0 radical (unpaired) electrons. The van der Waals surface area contributed by atoms with Crippen molar-refractivity contribution in [1.29, 1.82) is 0 Å². The lowest BCUT2D eigenvalue weighted by molar-refractivity contribution is 0.0602. The second-order valence-electron chi connectivity index (χ2n) is 5.95. The maximum absolute atomic E-state index is 13.4. The van der Waals surface area contributed by atoms with Gasteiger partial charge in [-0.25, -0.2) is 13.8 Å². The van der Waals surface area contributed by atoms with E-state index in [0.29, 0.717) is 18.8 Å². The van der Waals surface area contributed by atoms with Crippen LogP contribution in [-0.2, 0) is 0 Å². The predicted octanol–water partition coefficient (Wildman–Crippen LogP) is 3.81. The zero-order valence-electron chi connectivity index (χ0n) is 10.1. The summed E-state index contributed by atoms with van der Waals surface area (Å²) in [5.41, 5.74) is 2.40. The van der Waals surface area contributed by atoms with Gasteiger partial charge in [-0.05, 0) is 30.2 Å². The van der Waals surface area contributed by atoms with Crippen molar-refractivity contribution >= 4 is 11.3 Å². The van der Waals surface area contributed by atoms with Crippen LogP contribution < -0.4 is 0 Å². The number of imidazole rings is 1. The van der Waals surface area contributed by atoms with E-state index >= 15 is 0 Å². The summed E-state index contributed by atoms with van der Waals surface area (Å²) in [6.45, 7) is 0. The minimum absolute atomic E-state index is 0.246. The minimum atomic E-state index is -2.37. The molecule has 2 nitrogen and oxygen atoms in total. The van der Waals surface area contributed by atoms with Gasteiger partial charge in [0.1, 0.15) is 0 Å². The molecule has 0 amide bonds. The van der Waals surface area contributed by atoms with Gasteiger partial charge >= 0.3 is 0 Å². The van der Waals surface area contributed by atoms with Crippen LogP contribution in [0.25, 0.3) is 11.3 Å². The van der Waals surface area contributed by atoms with E-state index in [1.54, 1.807) is 11.3 Å². The average molecular weight is 278 g/mol. The second-order valence-corrected chi connectivity index (χ2v) is 6.90. The lowest BCUT2D eigenvalue weighted by Crippen LogP contribution is -2.18. The Balaban J connectivity index is 1.55. The van der Waals surface area contributed by atoms with Crippen LogP contribution in [0.2, 0.25) is 0 Å². The first-order valence-electron chi connectivity index (χ1n) is 6.65. The summed E-state index contributed by atoms with van der Waals surface area (Å²) in [4.78, 5) is 5.56. The summed E-state index contributed by atoms with van der Waals surface area (Å²) in [6.07, 6.45) is 5.07. The number of rotatable bonds is 1. The first-order chi connectivity index (χ1) is 9.18. The number of hydrogen-bond donors (Lipinski definition) is 0. The van der Waals surface area contributed by atoms with Gasteiger partial charge in [0, 0.05) is 22.3 Å².